The predicted molar refractivity (Wildman–Crippen MR) is 307 cm³/mol. The summed E-state index contributed by atoms with van der Waals surface area (Å²) in [6.45, 7) is 15.9. The fraction of sp³-hybridized carbons (Fsp3) is 0.107. The fourth-order valence-electron chi connectivity index (χ4n) is 8.25. The van der Waals surface area contributed by atoms with Gasteiger partial charge in [0.25, 0.3) is 0 Å². The summed E-state index contributed by atoms with van der Waals surface area (Å²) in [7, 11) is -1.46. The van der Waals surface area contributed by atoms with Crippen LogP contribution in [0.5, 0.6) is 0 Å². The number of aromatic amines is 4. The Labute approximate surface area is 434 Å². The number of nitrogens with two attached hydrogens (primary N) is 1. The van der Waals surface area contributed by atoms with E-state index in [0.717, 1.165) is 43.2 Å². The van der Waals surface area contributed by atoms with Crippen LogP contribution >= 0.6 is 20.7 Å². The van der Waals surface area contributed by atoms with Crippen LogP contribution in [0.2, 0.25) is 0 Å². The van der Waals surface area contributed by atoms with E-state index >= 15 is 4.39 Å². The lowest BCUT2D eigenvalue weighted by molar-refractivity contribution is 0.625. The standard InChI is InChI=1S/C28H24F2N8S.C26H21FN6S.C2H6/c1-39(2,3)34-12-15-6-17(8-19(29)7-15)24-27-23(4-5-33-24)35-28(36-27)26-21-10-16(11-22(30)25(21)37-38-26)18-9-20(31)14-32-13-18;1-5-15(13-28-6-2)16-11-17-22(18(27)12-16)32-33-23(17)26-30-19-9-10-29-25(24(19)31-26)21-8-7-20(34-21)14(3)4;1-2/h4-11,13-14,34H,1-2,12,31H2,3H3,(H,35,36)(H,37,38);5-13H,2-3H2,1,4H3,(H,30,31)(H,32,33);1-2H3/b;15-5+,28-13?;. The number of imidazole rings is 2. The molecule has 14 nitrogen and oxygen atoms in total. The van der Waals surface area contributed by atoms with Gasteiger partial charge in [-0.15, -0.1) is 11.3 Å². The molecule has 0 saturated carbocycles. The van der Waals surface area contributed by atoms with E-state index in [9.17, 15) is 8.78 Å². The molecular weight excluding hydrogens is 990 g/mol. The van der Waals surface area contributed by atoms with E-state index in [0.29, 0.717) is 85.0 Å². The minimum Gasteiger partial charge on any atom is -0.397 e. The van der Waals surface area contributed by atoms with Crippen molar-refractivity contribution < 1.29 is 13.2 Å². The minimum absolute atomic E-state index is 0.177. The second-order valence-electron chi connectivity index (χ2n) is 17.3. The van der Waals surface area contributed by atoms with Crippen LogP contribution in [0.15, 0.2) is 128 Å². The summed E-state index contributed by atoms with van der Waals surface area (Å²) >= 11 is 1.62. The third-order valence-corrected chi connectivity index (χ3v) is 13.8. The number of nitrogen functional groups attached to an aromatic ring is 1. The van der Waals surface area contributed by atoms with Gasteiger partial charge in [0.15, 0.2) is 23.3 Å². The van der Waals surface area contributed by atoms with E-state index in [4.69, 9.17) is 15.7 Å². The molecule has 0 spiro atoms. The highest BCUT2D eigenvalue weighted by atomic mass is 32.2. The largest absolute Gasteiger partial charge is 0.397 e. The number of aliphatic imine (C=N–C) groups is 1. The molecule has 11 rings (SSSR count). The van der Waals surface area contributed by atoms with E-state index in [-0.39, 0.29) is 16.9 Å². The maximum atomic E-state index is 15.0. The topological polar surface area (TPSA) is 204 Å². The smallest absolute Gasteiger partial charge is 0.157 e. The molecule has 0 amide bonds. The summed E-state index contributed by atoms with van der Waals surface area (Å²) in [4.78, 5) is 35.6. The van der Waals surface area contributed by atoms with Gasteiger partial charge in [0.1, 0.15) is 45.0 Å². The molecule has 3 aromatic carbocycles. The molecule has 8 heterocycles. The number of benzene rings is 3. The average molecular weight is 1040 g/mol. The summed E-state index contributed by atoms with van der Waals surface area (Å²) in [6.07, 6.45) is 13.4. The first-order chi connectivity index (χ1) is 36.1. The summed E-state index contributed by atoms with van der Waals surface area (Å²) < 4.78 is 47.8. The van der Waals surface area contributed by atoms with Crippen LogP contribution in [0.25, 0.3) is 111 Å². The molecule has 0 radical (unpaired) electrons. The Morgan fingerprint density at radius 2 is 1.41 bits per heavy atom. The van der Waals surface area contributed by atoms with Gasteiger partial charge in [-0.2, -0.15) is 19.6 Å². The van der Waals surface area contributed by atoms with E-state index in [1.165, 1.54) is 36.7 Å². The highest BCUT2D eigenvalue weighted by Gasteiger charge is 2.21. The molecule has 8 aromatic heterocycles. The van der Waals surface area contributed by atoms with Crippen LogP contribution in [0.3, 0.4) is 0 Å². The van der Waals surface area contributed by atoms with E-state index in [2.05, 4.69) is 79.9 Å². The van der Waals surface area contributed by atoms with Gasteiger partial charge in [-0.1, -0.05) is 44.8 Å². The lowest BCUT2D eigenvalue weighted by atomic mass is 10.0. The van der Waals surface area contributed by atoms with E-state index in [1.54, 1.807) is 48.3 Å². The summed E-state index contributed by atoms with van der Waals surface area (Å²) in [6, 6.07) is 20.7. The molecule has 19 heteroatoms. The number of aromatic nitrogens is 11. The van der Waals surface area contributed by atoms with Crippen molar-refractivity contribution in [3.05, 3.63) is 156 Å². The van der Waals surface area contributed by atoms with Crippen LogP contribution in [0, 0.1) is 17.5 Å². The normalized spacial score (nSPS) is 11.9. The molecule has 0 aliphatic heterocycles. The number of halogens is 3. The number of nitrogens with zero attached hydrogens (tertiary/aromatic N) is 8. The molecule has 0 atom stereocenters. The number of anilines is 1. The van der Waals surface area contributed by atoms with Crippen molar-refractivity contribution in [1.29, 1.82) is 0 Å². The number of H-pyrrole nitrogens is 4. The predicted octanol–water partition coefficient (Wildman–Crippen LogP) is 13.4. The van der Waals surface area contributed by atoms with Gasteiger partial charge in [-0.05, 0) is 121 Å². The number of hydrogen-bond donors (Lipinski definition) is 6. The Kier molecular flexibility index (Phi) is 14.6. The van der Waals surface area contributed by atoms with Crippen molar-refractivity contribution in [2.24, 2.45) is 4.99 Å². The Morgan fingerprint density at radius 3 is 2.03 bits per heavy atom. The molecule has 75 heavy (non-hydrogen) atoms. The number of nitrogens with one attached hydrogen (secondary N) is 5. The number of allylic oxidation sites excluding steroid dienone is 3. The summed E-state index contributed by atoms with van der Waals surface area (Å²) in [5, 5.41) is 15.4. The van der Waals surface area contributed by atoms with E-state index < -0.39 is 21.0 Å². The Bertz CT molecular complexity index is 4160. The number of pyridine rings is 3. The maximum Gasteiger partial charge on any atom is 0.157 e. The maximum absolute atomic E-state index is 15.0. The van der Waals surface area contributed by atoms with Gasteiger partial charge in [-0.3, -0.25) is 34.9 Å². The Hall–Kier alpha value is -8.78. The zero-order valence-corrected chi connectivity index (χ0v) is 43.2. The quantitative estimate of drug-likeness (QED) is 0.0508. The lowest BCUT2D eigenvalue weighted by Gasteiger charge is -2.12. The average Bonchev–Trinajstić information content (AvgIpc) is 4.26. The van der Waals surface area contributed by atoms with Crippen LogP contribution in [-0.2, 0) is 6.54 Å². The van der Waals surface area contributed by atoms with Crippen LogP contribution in [0.4, 0.5) is 18.9 Å². The number of fused-ring (bicyclic) bond motifs is 4. The fourth-order valence-corrected chi connectivity index (χ4v) is 9.69. The van der Waals surface area contributed by atoms with Crippen molar-refractivity contribution in [3.8, 4) is 56.0 Å². The van der Waals surface area contributed by atoms with Gasteiger partial charge in [0.05, 0.1) is 27.3 Å². The SMILES string of the molecule is C=CN=C/C(=C\C)c1cc(F)c2n[nH]c(-c3nc4c(-c5ccc(C(=C)C)s5)nccc4[nH]3)c2c1.C=S(=C)(C)NCc1cc(F)cc(-c2nccc3[nH]c(-c4[nH]nc5c(F)cc(-c6cncc(N)c6)cc45)nc23)c1.CC. The van der Waals surface area contributed by atoms with Gasteiger partial charge in [0, 0.05) is 70.5 Å². The molecule has 0 bridgehead atoms. The second-order valence-corrected chi connectivity index (χ2v) is 21.2. The van der Waals surface area contributed by atoms with Crippen molar-refractivity contribution >= 4 is 99.4 Å². The molecular formula is C56H51F3N14S2. The number of hydrogen-bond acceptors (Lipinski definition) is 11. The first kappa shape index (κ1) is 51.1. The van der Waals surface area contributed by atoms with Crippen LogP contribution in [-0.4, -0.2) is 79.5 Å². The summed E-state index contributed by atoms with van der Waals surface area (Å²) in [5.41, 5.74) is 17.0. The highest BCUT2D eigenvalue weighted by Crippen LogP contribution is 2.37. The highest BCUT2D eigenvalue weighted by molar-refractivity contribution is 8.25. The van der Waals surface area contributed by atoms with Crippen LogP contribution in [0.1, 0.15) is 43.7 Å². The van der Waals surface area contributed by atoms with Gasteiger partial charge in [0.2, 0.25) is 0 Å². The molecule has 378 valence electrons. The van der Waals surface area contributed by atoms with Crippen molar-refractivity contribution in [2.45, 2.75) is 34.2 Å². The van der Waals surface area contributed by atoms with Crippen molar-refractivity contribution in [2.75, 3.05) is 12.0 Å². The van der Waals surface area contributed by atoms with Crippen molar-refractivity contribution in [1.82, 2.24) is 60.0 Å². The molecule has 0 fully saturated rings. The lowest BCUT2D eigenvalue weighted by Crippen LogP contribution is -2.08. The van der Waals surface area contributed by atoms with Gasteiger partial charge >= 0.3 is 0 Å². The number of thiophene rings is 1. The third-order valence-electron chi connectivity index (χ3n) is 11.7. The van der Waals surface area contributed by atoms with Crippen LogP contribution < -0.4 is 10.5 Å². The molecule has 11 aromatic rings. The first-order valence-electron chi connectivity index (χ1n) is 23.5. The zero-order valence-electron chi connectivity index (χ0n) is 41.6. The number of rotatable bonds is 12. The molecule has 0 aliphatic rings. The Morgan fingerprint density at radius 1 is 0.773 bits per heavy atom. The second kappa shape index (κ2) is 21.4. The van der Waals surface area contributed by atoms with Crippen molar-refractivity contribution in [3.63, 3.8) is 0 Å². The minimum atomic E-state index is -1.46. The Balaban J connectivity index is 0.000000180. The molecule has 0 unspecified atom stereocenters. The third kappa shape index (κ3) is 10.7. The van der Waals surface area contributed by atoms with Gasteiger partial charge < -0.3 is 15.7 Å². The summed E-state index contributed by atoms with van der Waals surface area (Å²) in [5.74, 6) is 7.72. The molecule has 0 aliphatic carbocycles. The van der Waals surface area contributed by atoms with Gasteiger partial charge in [-0.25, -0.2) is 23.1 Å². The molecule has 0 saturated heterocycles. The zero-order chi connectivity index (χ0) is 53.1. The van der Waals surface area contributed by atoms with E-state index in [1.807, 2.05) is 76.4 Å². The first-order valence-corrected chi connectivity index (χ1v) is 26.7. The molecule has 7 N–H and O–H groups in total. The monoisotopic (exact) mass is 1040 g/mol.